The zero-order valence-electron chi connectivity index (χ0n) is 22.6. The fourth-order valence-corrected chi connectivity index (χ4v) is 5.27. The van der Waals surface area contributed by atoms with Crippen molar-refractivity contribution >= 4 is 23.1 Å². The molecule has 4 aromatic heterocycles. The lowest BCUT2D eigenvalue weighted by atomic mass is 9.82. The number of halogens is 1. The van der Waals surface area contributed by atoms with Gasteiger partial charge in [-0.05, 0) is 50.8 Å². The minimum Gasteiger partial charge on any atom is -0.363 e. The second kappa shape index (κ2) is 10.3. The van der Waals surface area contributed by atoms with E-state index < -0.39 is 11.4 Å². The van der Waals surface area contributed by atoms with Crippen LogP contribution < -0.4 is 5.32 Å². The number of aromatic nitrogens is 7. The maximum atomic E-state index is 13.8. The van der Waals surface area contributed by atoms with Crippen LogP contribution in [0.4, 0.5) is 16.0 Å². The van der Waals surface area contributed by atoms with Crippen molar-refractivity contribution < 1.29 is 13.9 Å². The molecular formula is C28H30FN9O2. The summed E-state index contributed by atoms with van der Waals surface area (Å²) >= 11 is 0. The van der Waals surface area contributed by atoms with Crippen molar-refractivity contribution in [1.82, 2.24) is 39.8 Å². The van der Waals surface area contributed by atoms with Gasteiger partial charge in [-0.3, -0.25) is 9.89 Å². The first-order chi connectivity index (χ1) is 19.3. The maximum Gasteiger partial charge on any atom is 0.255 e. The maximum absolute atomic E-state index is 13.8. The summed E-state index contributed by atoms with van der Waals surface area (Å²) in [4.78, 5) is 29.5. The van der Waals surface area contributed by atoms with Crippen molar-refractivity contribution in [2.75, 3.05) is 18.5 Å². The van der Waals surface area contributed by atoms with E-state index in [9.17, 15) is 9.18 Å². The molecule has 40 heavy (non-hydrogen) atoms. The van der Waals surface area contributed by atoms with E-state index in [0.29, 0.717) is 55.7 Å². The van der Waals surface area contributed by atoms with Crippen LogP contribution in [-0.2, 0) is 9.53 Å². The van der Waals surface area contributed by atoms with E-state index >= 15 is 0 Å². The standard InChI is InChI=1S/C28H30FN9O2/c1-17-12-23(33-24-13-18(2)35-36-24)34-26(32-17)20-6-8-28(9-7-20)27(39)37(10-11-40-28)19(3)21-4-5-25(30-14-21)38-16-22(29)15-31-38/h4-6,12-16,19H,7-11H2,1-3H3,(H2,32,33,34,35,36)/t19-,28?/m0/s1. The van der Waals surface area contributed by atoms with Crippen molar-refractivity contribution in [3.05, 3.63) is 77.5 Å². The van der Waals surface area contributed by atoms with E-state index in [4.69, 9.17) is 9.72 Å². The van der Waals surface area contributed by atoms with Crippen LogP contribution in [0.5, 0.6) is 0 Å². The number of H-pyrrole nitrogens is 1. The van der Waals surface area contributed by atoms with Crippen LogP contribution in [0.25, 0.3) is 11.4 Å². The Balaban J connectivity index is 1.17. The van der Waals surface area contributed by atoms with Crippen LogP contribution in [0, 0.1) is 19.7 Å². The van der Waals surface area contributed by atoms with Crippen molar-refractivity contribution in [3.8, 4) is 5.82 Å². The number of pyridine rings is 1. The van der Waals surface area contributed by atoms with Gasteiger partial charge in [0.15, 0.2) is 28.9 Å². The molecule has 2 aliphatic rings. The molecule has 5 heterocycles. The zero-order valence-corrected chi connectivity index (χ0v) is 22.6. The topological polar surface area (TPSA) is 127 Å². The number of carbonyl (C=O) groups is 1. The van der Waals surface area contributed by atoms with Gasteiger partial charge in [0, 0.05) is 42.7 Å². The number of hydrogen-bond acceptors (Lipinski definition) is 8. The molecule has 1 aliphatic heterocycles. The molecule has 1 spiro atoms. The summed E-state index contributed by atoms with van der Waals surface area (Å²) in [6.45, 7) is 6.80. The van der Waals surface area contributed by atoms with Crippen molar-refractivity contribution in [2.24, 2.45) is 0 Å². The second-order valence-electron chi connectivity index (χ2n) is 10.3. The highest BCUT2D eigenvalue weighted by molar-refractivity contribution is 5.88. The predicted molar refractivity (Wildman–Crippen MR) is 145 cm³/mol. The molecule has 0 aromatic carbocycles. The number of amides is 1. The van der Waals surface area contributed by atoms with Crippen LogP contribution in [0.1, 0.15) is 55.0 Å². The lowest BCUT2D eigenvalue weighted by Gasteiger charge is -2.45. The third kappa shape index (κ3) is 4.97. The molecule has 12 heteroatoms. The molecule has 1 amide bonds. The van der Waals surface area contributed by atoms with E-state index in [2.05, 4.69) is 30.6 Å². The Labute approximate surface area is 230 Å². The van der Waals surface area contributed by atoms with Gasteiger partial charge in [-0.2, -0.15) is 10.2 Å². The Morgan fingerprint density at radius 1 is 1.18 bits per heavy atom. The fourth-order valence-electron chi connectivity index (χ4n) is 5.27. The minimum absolute atomic E-state index is 0.0267. The molecule has 2 atom stereocenters. The highest BCUT2D eigenvalue weighted by atomic mass is 19.1. The Bertz CT molecular complexity index is 1580. The number of aromatic amines is 1. The molecule has 0 radical (unpaired) electrons. The van der Waals surface area contributed by atoms with Gasteiger partial charge in [-0.15, -0.1) is 0 Å². The highest BCUT2D eigenvalue weighted by Gasteiger charge is 2.47. The second-order valence-corrected chi connectivity index (χ2v) is 10.3. The number of ether oxygens (including phenoxy) is 1. The highest BCUT2D eigenvalue weighted by Crippen LogP contribution is 2.39. The molecular weight excluding hydrogens is 513 g/mol. The van der Waals surface area contributed by atoms with Gasteiger partial charge in [0.1, 0.15) is 5.82 Å². The number of allylic oxidation sites excluding steroid dienone is 1. The number of rotatable bonds is 6. The van der Waals surface area contributed by atoms with Gasteiger partial charge in [0.25, 0.3) is 5.91 Å². The molecule has 4 aromatic rings. The molecule has 2 N–H and O–H groups in total. The monoisotopic (exact) mass is 543 g/mol. The van der Waals surface area contributed by atoms with E-state index in [1.807, 2.05) is 49.9 Å². The SMILES string of the molecule is Cc1cc(Nc2cc(C)[nH]n2)nc(C2=CCC3(CC2)OCCN([C@@H](C)c2ccc(-n4cc(F)cn4)nc2)C3=O)n1. The van der Waals surface area contributed by atoms with E-state index in [1.54, 1.807) is 12.3 Å². The molecule has 206 valence electrons. The van der Waals surface area contributed by atoms with Gasteiger partial charge in [-0.25, -0.2) is 24.0 Å². The number of hydrogen-bond donors (Lipinski definition) is 2. The van der Waals surface area contributed by atoms with Crippen molar-refractivity contribution in [2.45, 2.75) is 51.7 Å². The number of morpholine rings is 1. The molecule has 0 saturated carbocycles. The van der Waals surface area contributed by atoms with Crippen molar-refractivity contribution in [3.63, 3.8) is 0 Å². The molecule has 11 nitrogen and oxygen atoms in total. The average Bonchev–Trinajstić information content (AvgIpc) is 3.57. The van der Waals surface area contributed by atoms with E-state index in [0.717, 1.165) is 28.7 Å². The summed E-state index contributed by atoms with van der Waals surface area (Å²) in [5.74, 6) is 2.04. The Morgan fingerprint density at radius 3 is 2.73 bits per heavy atom. The van der Waals surface area contributed by atoms with Crippen LogP contribution >= 0.6 is 0 Å². The third-order valence-electron chi connectivity index (χ3n) is 7.45. The predicted octanol–water partition coefficient (Wildman–Crippen LogP) is 4.21. The zero-order chi connectivity index (χ0) is 27.9. The molecule has 1 unspecified atom stereocenters. The Hall–Kier alpha value is -4.45. The summed E-state index contributed by atoms with van der Waals surface area (Å²) in [6, 6.07) is 7.25. The first-order valence-electron chi connectivity index (χ1n) is 13.3. The fraction of sp³-hybridized carbons (Fsp3) is 0.357. The van der Waals surface area contributed by atoms with E-state index in [-0.39, 0.29) is 11.9 Å². The van der Waals surface area contributed by atoms with Crippen LogP contribution in [0.3, 0.4) is 0 Å². The summed E-state index contributed by atoms with van der Waals surface area (Å²) < 4.78 is 20.9. The largest absolute Gasteiger partial charge is 0.363 e. The van der Waals surface area contributed by atoms with Crippen LogP contribution in [0.2, 0.25) is 0 Å². The van der Waals surface area contributed by atoms with Crippen LogP contribution in [-0.4, -0.2) is 64.5 Å². The summed E-state index contributed by atoms with van der Waals surface area (Å²) in [5, 5.41) is 14.3. The summed E-state index contributed by atoms with van der Waals surface area (Å²) in [7, 11) is 0. The minimum atomic E-state index is -0.909. The lowest BCUT2D eigenvalue weighted by molar-refractivity contribution is -0.176. The first kappa shape index (κ1) is 25.8. The molecule has 1 aliphatic carbocycles. The third-order valence-corrected chi connectivity index (χ3v) is 7.45. The Kier molecular flexibility index (Phi) is 6.62. The van der Waals surface area contributed by atoms with Gasteiger partial charge >= 0.3 is 0 Å². The number of anilines is 2. The Morgan fingerprint density at radius 2 is 2.05 bits per heavy atom. The van der Waals surface area contributed by atoms with E-state index in [1.165, 1.54) is 10.9 Å². The molecule has 1 fully saturated rings. The molecule has 0 bridgehead atoms. The smallest absolute Gasteiger partial charge is 0.255 e. The number of aryl methyl sites for hydroxylation is 2. The number of nitrogens with one attached hydrogen (secondary N) is 2. The number of carbonyl (C=O) groups excluding carboxylic acids is 1. The normalized spacial score (nSPS) is 20.1. The van der Waals surface area contributed by atoms with Gasteiger partial charge in [0.2, 0.25) is 0 Å². The summed E-state index contributed by atoms with van der Waals surface area (Å²) in [6.07, 6.45) is 7.76. The number of nitrogens with zero attached hydrogens (tertiary/aromatic N) is 7. The van der Waals surface area contributed by atoms with Gasteiger partial charge in [-0.1, -0.05) is 12.1 Å². The van der Waals surface area contributed by atoms with Crippen LogP contribution in [0.15, 0.2) is 48.9 Å². The van der Waals surface area contributed by atoms with Crippen molar-refractivity contribution in [1.29, 1.82) is 0 Å². The average molecular weight is 544 g/mol. The van der Waals surface area contributed by atoms with Gasteiger partial charge < -0.3 is 15.0 Å². The first-order valence-corrected chi connectivity index (χ1v) is 13.3. The lowest BCUT2D eigenvalue weighted by Crippen LogP contribution is -2.57. The van der Waals surface area contributed by atoms with Gasteiger partial charge in [0.05, 0.1) is 25.0 Å². The quantitative estimate of drug-likeness (QED) is 0.370. The summed E-state index contributed by atoms with van der Waals surface area (Å²) in [5.41, 5.74) is 2.76. The molecule has 6 rings (SSSR count). The molecule has 1 saturated heterocycles.